The van der Waals surface area contributed by atoms with Crippen LogP contribution in [0.1, 0.15) is 16.1 Å². The number of ether oxygens (including phenoxy) is 1. The van der Waals surface area contributed by atoms with E-state index in [1.54, 1.807) is 23.1 Å². The molecule has 0 spiro atoms. The second kappa shape index (κ2) is 5.32. The van der Waals surface area contributed by atoms with Crippen molar-refractivity contribution in [2.24, 2.45) is 0 Å². The first-order chi connectivity index (χ1) is 10.2. The quantitative estimate of drug-likeness (QED) is 0.921. The van der Waals surface area contributed by atoms with E-state index < -0.39 is 6.09 Å². The van der Waals surface area contributed by atoms with Crippen LogP contribution in [0.2, 0.25) is 0 Å². The Balaban J connectivity index is 1.83. The fourth-order valence-corrected chi connectivity index (χ4v) is 2.39. The van der Waals surface area contributed by atoms with Crippen molar-refractivity contribution in [2.75, 3.05) is 23.9 Å². The van der Waals surface area contributed by atoms with Gasteiger partial charge in [0.2, 0.25) is 0 Å². The monoisotopic (exact) mass is 286 g/mol. The zero-order valence-corrected chi connectivity index (χ0v) is 11.5. The molecule has 0 bridgehead atoms. The Kier molecular flexibility index (Phi) is 3.35. The molecule has 2 heterocycles. The molecular weight excluding hydrogens is 272 g/mol. The van der Waals surface area contributed by atoms with Gasteiger partial charge in [-0.05, 0) is 42.3 Å². The van der Waals surface area contributed by atoms with E-state index in [0.717, 1.165) is 17.7 Å². The average molecular weight is 286 g/mol. The molecule has 2 amide bonds. The van der Waals surface area contributed by atoms with Crippen molar-refractivity contribution in [3.05, 3.63) is 47.9 Å². The average Bonchev–Trinajstić information content (AvgIpc) is 3.15. The highest BCUT2D eigenvalue weighted by Crippen LogP contribution is 2.31. The van der Waals surface area contributed by atoms with Gasteiger partial charge in [-0.3, -0.25) is 10.1 Å². The lowest BCUT2D eigenvalue weighted by atomic mass is 10.1. The predicted molar refractivity (Wildman–Crippen MR) is 76.6 cm³/mol. The molecule has 0 fully saturated rings. The molecule has 0 saturated heterocycles. The third-order valence-electron chi connectivity index (χ3n) is 3.38. The van der Waals surface area contributed by atoms with Crippen LogP contribution >= 0.6 is 0 Å². The molecule has 1 aliphatic rings. The minimum absolute atomic E-state index is 0.160. The topological polar surface area (TPSA) is 71.8 Å². The van der Waals surface area contributed by atoms with Crippen LogP contribution in [-0.4, -0.2) is 25.7 Å². The Bertz CT molecular complexity index is 679. The van der Waals surface area contributed by atoms with Gasteiger partial charge in [-0.25, -0.2) is 4.79 Å². The van der Waals surface area contributed by atoms with Crippen LogP contribution in [0.15, 0.2) is 41.0 Å². The summed E-state index contributed by atoms with van der Waals surface area (Å²) in [5, 5.41) is 2.61. The standard InChI is InChI=1S/C15H14N2O4/c1-20-15(19)16-11-4-5-12-10(9-11)6-7-17(12)14(18)13-3-2-8-21-13/h2-5,8-9H,6-7H2,1H3,(H,16,19). The number of fused-ring (bicyclic) bond motifs is 1. The number of furan rings is 1. The van der Waals surface area contributed by atoms with Gasteiger partial charge in [0, 0.05) is 17.9 Å². The third-order valence-corrected chi connectivity index (χ3v) is 3.38. The molecule has 0 saturated carbocycles. The molecule has 1 aliphatic heterocycles. The number of hydrogen-bond acceptors (Lipinski definition) is 4. The second-order valence-corrected chi connectivity index (χ2v) is 4.64. The molecule has 108 valence electrons. The van der Waals surface area contributed by atoms with Crippen LogP contribution in [0.25, 0.3) is 0 Å². The summed E-state index contributed by atoms with van der Waals surface area (Å²) in [4.78, 5) is 25.2. The smallest absolute Gasteiger partial charge is 0.411 e. The van der Waals surface area contributed by atoms with Gasteiger partial charge in [0.05, 0.1) is 13.4 Å². The lowest BCUT2D eigenvalue weighted by Gasteiger charge is -2.16. The molecule has 6 nitrogen and oxygen atoms in total. The highest BCUT2D eigenvalue weighted by atomic mass is 16.5. The molecule has 1 N–H and O–H groups in total. The number of benzene rings is 1. The van der Waals surface area contributed by atoms with Crippen LogP contribution in [-0.2, 0) is 11.2 Å². The van der Waals surface area contributed by atoms with E-state index in [9.17, 15) is 9.59 Å². The Morgan fingerprint density at radius 1 is 1.33 bits per heavy atom. The number of methoxy groups -OCH3 is 1. The maximum atomic E-state index is 12.3. The summed E-state index contributed by atoms with van der Waals surface area (Å²) in [6.45, 7) is 0.594. The molecule has 0 aliphatic carbocycles. The van der Waals surface area contributed by atoms with Gasteiger partial charge in [-0.2, -0.15) is 0 Å². The summed E-state index contributed by atoms with van der Waals surface area (Å²) in [6.07, 6.45) is 1.70. The van der Waals surface area contributed by atoms with Crippen LogP contribution in [0.4, 0.5) is 16.2 Å². The Morgan fingerprint density at radius 3 is 2.90 bits per heavy atom. The summed E-state index contributed by atoms with van der Waals surface area (Å²) in [7, 11) is 1.31. The molecule has 3 rings (SSSR count). The first-order valence-corrected chi connectivity index (χ1v) is 6.52. The Morgan fingerprint density at radius 2 is 2.19 bits per heavy atom. The summed E-state index contributed by atoms with van der Waals surface area (Å²) < 4.78 is 9.70. The lowest BCUT2D eigenvalue weighted by molar-refractivity contribution is 0.0962. The van der Waals surface area contributed by atoms with Gasteiger partial charge < -0.3 is 14.1 Å². The Hall–Kier alpha value is -2.76. The predicted octanol–water partition coefficient (Wildman–Crippen LogP) is 2.66. The SMILES string of the molecule is COC(=O)Nc1ccc2c(c1)CCN2C(=O)c1ccco1. The zero-order valence-electron chi connectivity index (χ0n) is 11.5. The van der Waals surface area contributed by atoms with E-state index in [2.05, 4.69) is 10.1 Å². The molecule has 21 heavy (non-hydrogen) atoms. The maximum Gasteiger partial charge on any atom is 0.411 e. The van der Waals surface area contributed by atoms with Crippen molar-refractivity contribution in [3.63, 3.8) is 0 Å². The molecule has 2 aromatic rings. The zero-order chi connectivity index (χ0) is 14.8. The minimum atomic E-state index is -0.517. The number of amides is 2. The number of carbonyl (C=O) groups excluding carboxylic acids is 2. The summed E-state index contributed by atoms with van der Waals surface area (Å²) >= 11 is 0. The van der Waals surface area contributed by atoms with E-state index >= 15 is 0 Å². The number of nitrogens with one attached hydrogen (secondary N) is 1. The number of nitrogens with zero attached hydrogens (tertiary/aromatic N) is 1. The third kappa shape index (κ3) is 2.47. The van der Waals surface area contributed by atoms with E-state index in [1.165, 1.54) is 13.4 Å². The molecule has 1 aromatic heterocycles. The van der Waals surface area contributed by atoms with Gasteiger partial charge in [0.15, 0.2) is 5.76 Å². The minimum Gasteiger partial charge on any atom is -0.459 e. The first kappa shape index (κ1) is 13.2. The Labute approximate surface area is 121 Å². The van der Waals surface area contributed by atoms with Crippen molar-refractivity contribution in [3.8, 4) is 0 Å². The highest BCUT2D eigenvalue weighted by Gasteiger charge is 2.27. The first-order valence-electron chi connectivity index (χ1n) is 6.52. The summed E-state index contributed by atoms with van der Waals surface area (Å²) in [6, 6.07) is 8.74. The van der Waals surface area contributed by atoms with Crippen LogP contribution in [0.5, 0.6) is 0 Å². The van der Waals surface area contributed by atoms with Gasteiger partial charge in [-0.15, -0.1) is 0 Å². The van der Waals surface area contributed by atoms with Crippen molar-refractivity contribution in [1.82, 2.24) is 0 Å². The van der Waals surface area contributed by atoms with Gasteiger partial charge in [-0.1, -0.05) is 0 Å². The van der Waals surface area contributed by atoms with Crippen molar-refractivity contribution in [1.29, 1.82) is 0 Å². The highest BCUT2D eigenvalue weighted by molar-refractivity contribution is 6.05. The fraction of sp³-hybridized carbons (Fsp3) is 0.200. The normalized spacial score (nSPS) is 12.9. The number of hydrogen-bond donors (Lipinski definition) is 1. The van der Waals surface area contributed by atoms with Crippen molar-refractivity contribution in [2.45, 2.75) is 6.42 Å². The molecule has 6 heteroatoms. The van der Waals surface area contributed by atoms with Gasteiger partial charge in [0.25, 0.3) is 5.91 Å². The van der Waals surface area contributed by atoms with Crippen LogP contribution in [0.3, 0.4) is 0 Å². The van der Waals surface area contributed by atoms with Gasteiger partial charge in [0.1, 0.15) is 0 Å². The second-order valence-electron chi connectivity index (χ2n) is 4.64. The van der Waals surface area contributed by atoms with Crippen molar-refractivity contribution < 1.29 is 18.7 Å². The number of carbonyl (C=O) groups is 2. The van der Waals surface area contributed by atoms with E-state index in [0.29, 0.717) is 18.0 Å². The van der Waals surface area contributed by atoms with Crippen molar-refractivity contribution >= 4 is 23.4 Å². The van der Waals surface area contributed by atoms with Crippen LogP contribution < -0.4 is 10.2 Å². The number of rotatable bonds is 2. The molecule has 0 radical (unpaired) electrons. The maximum absolute atomic E-state index is 12.3. The summed E-state index contributed by atoms with van der Waals surface area (Å²) in [5.41, 5.74) is 2.49. The van der Waals surface area contributed by atoms with Gasteiger partial charge >= 0.3 is 6.09 Å². The lowest BCUT2D eigenvalue weighted by Crippen LogP contribution is -2.28. The molecule has 1 aromatic carbocycles. The molecule has 0 unspecified atom stereocenters. The fourth-order valence-electron chi connectivity index (χ4n) is 2.39. The number of anilines is 2. The summed E-state index contributed by atoms with van der Waals surface area (Å²) in [5.74, 6) is 0.159. The van der Waals surface area contributed by atoms with E-state index in [1.807, 2.05) is 12.1 Å². The molecular formula is C15H14N2O4. The van der Waals surface area contributed by atoms with Crippen LogP contribution in [0, 0.1) is 0 Å². The largest absolute Gasteiger partial charge is 0.459 e. The van der Waals surface area contributed by atoms with E-state index in [4.69, 9.17) is 4.42 Å². The molecule has 0 atom stereocenters. The van der Waals surface area contributed by atoms with E-state index in [-0.39, 0.29) is 5.91 Å².